The molecule has 2 aliphatic rings. The zero-order valence-electron chi connectivity index (χ0n) is 14.6. The summed E-state index contributed by atoms with van der Waals surface area (Å²) in [5, 5.41) is -0.0515. The molecule has 1 aromatic rings. The van der Waals surface area contributed by atoms with Gasteiger partial charge in [0.15, 0.2) is 0 Å². The fourth-order valence-corrected chi connectivity index (χ4v) is 5.95. The van der Waals surface area contributed by atoms with Gasteiger partial charge in [-0.05, 0) is 62.3 Å². The summed E-state index contributed by atoms with van der Waals surface area (Å²) in [6, 6.07) is 3.45. The lowest BCUT2D eigenvalue weighted by atomic mass is 9.94. The van der Waals surface area contributed by atoms with Crippen molar-refractivity contribution < 1.29 is 12.8 Å². The van der Waals surface area contributed by atoms with Gasteiger partial charge in [0.2, 0.25) is 10.0 Å². The molecule has 140 valence electrons. The third-order valence-corrected chi connectivity index (χ3v) is 7.72. The average Bonchev–Trinajstić information content (AvgIpc) is 2.55. The van der Waals surface area contributed by atoms with Gasteiger partial charge in [0.05, 0.1) is 5.02 Å². The van der Waals surface area contributed by atoms with Crippen LogP contribution in [0.1, 0.15) is 32.6 Å². The molecule has 0 amide bonds. The zero-order valence-corrected chi connectivity index (χ0v) is 16.2. The van der Waals surface area contributed by atoms with Gasteiger partial charge in [-0.3, -0.25) is 0 Å². The van der Waals surface area contributed by atoms with Crippen LogP contribution >= 0.6 is 11.6 Å². The van der Waals surface area contributed by atoms with Gasteiger partial charge in [-0.1, -0.05) is 18.5 Å². The monoisotopic (exact) mass is 388 g/mol. The predicted octanol–water partition coefficient (Wildman–Crippen LogP) is 3.61. The van der Waals surface area contributed by atoms with Gasteiger partial charge >= 0.3 is 0 Å². The molecule has 4 nitrogen and oxygen atoms in total. The van der Waals surface area contributed by atoms with Gasteiger partial charge in [0.1, 0.15) is 10.7 Å². The second-order valence-electron chi connectivity index (χ2n) is 7.43. The molecule has 2 heterocycles. The second kappa shape index (κ2) is 7.91. The standard InChI is InChI=1S/C18H26ClFN2O2S/c1-14-3-2-8-21(12-14)13-15-6-9-22(10-7-15)25(23,24)18-5-4-16(20)11-17(18)19/h4-5,11,14-15H,2-3,6-10,12-13H2,1H3/t14-/m0/s1. The fourth-order valence-electron chi connectivity index (χ4n) is 3.97. The van der Waals surface area contributed by atoms with E-state index in [-0.39, 0.29) is 9.92 Å². The Morgan fingerprint density at radius 3 is 2.56 bits per heavy atom. The highest BCUT2D eigenvalue weighted by Crippen LogP contribution is 2.29. The summed E-state index contributed by atoms with van der Waals surface area (Å²) >= 11 is 5.95. The first-order valence-electron chi connectivity index (χ1n) is 9.04. The van der Waals surface area contributed by atoms with Crippen LogP contribution in [0.3, 0.4) is 0 Å². The van der Waals surface area contributed by atoms with Crippen LogP contribution in [-0.2, 0) is 10.0 Å². The first-order chi connectivity index (χ1) is 11.9. The summed E-state index contributed by atoms with van der Waals surface area (Å²) in [5.74, 6) is 0.772. The van der Waals surface area contributed by atoms with Crippen molar-refractivity contribution in [3.05, 3.63) is 29.0 Å². The van der Waals surface area contributed by atoms with Crippen LogP contribution in [0.25, 0.3) is 0 Å². The number of piperidine rings is 2. The number of nitrogens with zero attached hydrogens (tertiary/aromatic N) is 2. The maximum Gasteiger partial charge on any atom is 0.244 e. The predicted molar refractivity (Wildman–Crippen MR) is 97.7 cm³/mol. The fraction of sp³-hybridized carbons (Fsp3) is 0.667. The summed E-state index contributed by atoms with van der Waals surface area (Å²) in [6.45, 7) is 6.69. The van der Waals surface area contributed by atoms with E-state index in [0.717, 1.165) is 50.5 Å². The van der Waals surface area contributed by atoms with E-state index in [1.807, 2.05) is 0 Å². The van der Waals surface area contributed by atoms with Crippen LogP contribution < -0.4 is 0 Å². The molecule has 0 aliphatic carbocycles. The molecule has 0 saturated carbocycles. The molecular formula is C18H26ClFN2O2S. The van der Waals surface area contributed by atoms with Crippen molar-refractivity contribution in [2.45, 2.75) is 37.5 Å². The second-order valence-corrected chi connectivity index (χ2v) is 9.74. The van der Waals surface area contributed by atoms with E-state index >= 15 is 0 Å². The molecule has 1 atom stereocenters. The summed E-state index contributed by atoms with van der Waals surface area (Å²) in [6.07, 6.45) is 4.30. The van der Waals surface area contributed by atoms with Crippen LogP contribution in [0.5, 0.6) is 0 Å². The van der Waals surface area contributed by atoms with E-state index in [1.165, 1.54) is 23.2 Å². The first-order valence-corrected chi connectivity index (χ1v) is 10.9. The van der Waals surface area contributed by atoms with Crippen LogP contribution in [0, 0.1) is 17.7 Å². The molecular weight excluding hydrogens is 363 g/mol. The Morgan fingerprint density at radius 2 is 1.92 bits per heavy atom. The molecule has 7 heteroatoms. The number of rotatable bonds is 4. The van der Waals surface area contributed by atoms with Crippen molar-refractivity contribution in [2.75, 3.05) is 32.7 Å². The van der Waals surface area contributed by atoms with Crippen LogP contribution in [-0.4, -0.2) is 50.3 Å². The molecule has 2 fully saturated rings. The quantitative estimate of drug-likeness (QED) is 0.791. The molecule has 1 aromatic carbocycles. The Balaban J connectivity index is 1.59. The molecule has 0 bridgehead atoms. The van der Waals surface area contributed by atoms with E-state index in [1.54, 1.807) is 0 Å². The Bertz CT molecular complexity index is 705. The van der Waals surface area contributed by atoms with E-state index in [2.05, 4.69) is 11.8 Å². The number of benzene rings is 1. The third kappa shape index (κ3) is 4.54. The van der Waals surface area contributed by atoms with Crippen molar-refractivity contribution >= 4 is 21.6 Å². The molecule has 0 radical (unpaired) electrons. The average molecular weight is 389 g/mol. The summed E-state index contributed by atoms with van der Waals surface area (Å²) in [4.78, 5) is 2.53. The number of likely N-dealkylation sites (tertiary alicyclic amines) is 1. The number of halogens is 2. The van der Waals surface area contributed by atoms with Gasteiger partial charge in [-0.2, -0.15) is 4.31 Å². The van der Waals surface area contributed by atoms with E-state index < -0.39 is 15.8 Å². The highest BCUT2D eigenvalue weighted by Gasteiger charge is 2.32. The minimum Gasteiger partial charge on any atom is -0.303 e. The van der Waals surface area contributed by atoms with Crippen LogP contribution in [0.4, 0.5) is 4.39 Å². The van der Waals surface area contributed by atoms with Gasteiger partial charge in [-0.25, -0.2) is 12.8 Å². The molecule has 0 spiro atoms. The minimum atomic E-state index is -3.65. The van der Waals surface area contributed by atoms with Crippen molar-refractivity contribution in [1.82, 2.24) is 9.21 Å². The van der Waals surface area contributed by atoms with Gasteiger partial charge in [-0.15, -0.1) is 0 Å². The molecule has 0 N–H and O–H groups in total. The van der Waals surface area contributed by atoms with Gasteiger partial charge < -0.3 is 4.90 Å². The molecule has 2 aliphatic heterocycles. The van der Waals surface area contributed by atoms with Gasteiger partial charge in [0, 0.05) is 26.2 Å². The lowest BCUT2D eigenvalue weighted by molar-refractivity contribution is 0.136. The number of sulfonamides is 1. The summed E-state index contributed by atoms with van der Waals surface area (Å²) < 4.78 is 40.2. The third-order valence-electron chi connectivity index (χ3n) is 5.34. The molecule has 0 unspecified atom stereocenters. The maximum absolute atomic E-state index is 13.2. The maximum atomic E-state index is 13.2. The zero-order chi connectivity index (χ0) is 18.0. The van der Waals surface area contributed by atoms with Crippen molar-refractivity contribution in [3.63, 3.8) is 0 Å². The summed E-state index contributed by atoms with van der Waals surface area (Å²) in [5.41, 5.74) is 0. The Morgan fingerprint density at radius 1 is 1.20 bits per heavy atom. The van der Waals surface area contributed by atoms with E-state index in [0.29, 0.717) is 19.0 Å². The van der Waals surface area contributed by atoms with Crippen molar-refractivity contribution in [1.29, 1.82) is 0 Å². The van der Waals surface area contributed by atoms with E-state index in [4.69, 9.17) is 11.6 Å². The number of hydrogen-bond acceptors (Lipinski definition) is 3. The Labute approximate surface area is 155 Å². The van der Waals surface area contributed by atoms with Gasteiger partial charge in [0.25, 0.3) is 0 Å². The van der Waals surface area contributed by atoms with Crippen molar-refractivity contribution in [3.8, 4) is 0 Å². The van der Waals surface area contributed by atoms with Crippen LogP contribution in [0.2, 0.25) is 5.02 Å². The first kappa shape index (κ1) is 19.1. The highest BCUT2D eigenvalue weighted by molar-refractivity contribution is 7.89. The molecule has 25 heavy (non-hydrogen) atoms. The summed E-state index contributed by atoms with van der Waals surface area (Å²) in [7, 11) is -3.65. The Hall–Kier alpha value is -0.690. The smallest absolute Gasteiger partial charge is 0.244 e. The largest absolute Gasteiger partial charge is 0.303 e. The molecule has 3 rings (SSSR count). The minimum absolute atomic E-state index is 0.00104. The van der Waals surface area contributed by atoms with Crippen LogP contribution in [0.15, 0.2) is 23.1 Å². The number of hydrogen-bond donors (Lipinski definition) is 0. The normalized spacial score (nSPS) is 24.5. The lowest BCUT2D eigenvalue weighted by Crippen LogP contribution is -2.43. The topological polar surface area (TPSA) is 40.6 Å². The lowest BCUT2D eigenvalue weighted by Gasteiger charge is -2.37. The SMILES string of the molecule is C[C@H]1CCCN(CC2CCN(S(=O)(=O)c3ccc(F)cc3Cl)CC2)C1. The molecule has 2 saturated heterocycles. The van der Waals surface area contributed by atoms with E-state index in [9.17, 15) is 12.8 Å². The van der Waals surface area contributed by atoms with Crippen molar-refractivity contribution in [2.24, 2.45) is 11.8 Å². The Kier molecular flexibility index (Phi) is 6.03. The molecule has 0 aromatic heterocycles. The highest BCUT2D eigenvalue weighted by atomic mass is 35.5.